The molecule has 0 aliphatic heterocycles. The van der Waals surface area contributed by atoms with E-state index in [0.717, 1.165) is 5.82 Å². The second kappa shape index (κ2) is 5.85. The number of nitrogens with one attached hydrogen (secondary N) is 1. The zero-order valence-corrected chi connectivity index (χ0v) is 12.2. The minimum atomic E-state index is -0.166. The van der Waals surface area contributed by atoms with E-state index in [1.54, 1.807) is 6.07 Å². The molecule has 0 saturated carbocycles. The average molecular weight is 262 g/mol. The highest BCUT2D eigenvalue weighted by Crippen LogP contribution is 2.24. The molecule has 0 fully saturated rings. The maximum Gasteiger partial charge on any atom is 0.145 e. The molecule has 3 N–H and O–H groups in total. The Hall–Kier alpha value is -1.87. The van der Waals surface area contributed by atoms with Crippen molar-refractivity contribution < 1.29 is 0 Å². The first-order valence-corrected chi connectivity index (χ1v) is 6.25. The van der Waals surface area contributed by atoms with Gasteiger partial charge in [-0.3, -0.25) is 0 Å². The molecule has 6 nitrogen and oxygen atoms in total. The molecule has 19 heavy (non-hydrogen) atoms. The fraction of sp³-hybridized carbons (Fsp3) is 0.615. The average Bonchev–Trinajstić information content (AvgIpc) is 2.36. The van der Waals surface area contributed by atoms with Gasteiger partial charge in [-0.1, -0.05) is 20.8 Å². The third-order valence-corrected chi connectivity index (χ3v) is 2.94. The van der Waals surface area contributed by atoms with Gasteiger partial charge in [0.2, 0.25) is 0 Å². The molecular weight excluding hydrogens is 240 g/mol. The third-order valence-electron chi connectivity index (χ3n) is 2.94. The zero-order valence-electron chi connectivity index (χ0n) is 12.2. The predicted molar refractivity (Wildman–Crippen MR) is 76.6 cm³/mol. The second-order valence-electron chi connectivity index (χ2n) is 5.65. The Morgan fingerprint density at radius 1 is 1.47 bits per heavy atom. The summed E-state index contributed by atoms with van der Waals surface area (Å²) in [5, 5.41) is 8.78. The molecule has 0 aromatic carbocycles. The minimum absolute atomic E-state index is 0.0818. The Kier molecular flexibility index (Phi) is 4.67. The zero-order chi connectivity index (χ0) is 14.6. The number of aromatic nitrogens is 2. The molecule has 6 heteroatoms. The lowest BCUT2D eigenvalue weighted by molar-refractivity contribution is 0.543. The van der Waals surface area contributed by atoms with Crippen LogP contribution >= 0.6 is 0 Å². The molecule has 0 amide bonds. The molecule has 0 aliphatic rings. The summed E-state index contributed by atoms with van der Waals surface area (Å²) in [5.41, 5.74) is 2.40. The van der Waals surface area contributed by atoms with Crippen molar-refractivity contribution in [2.24, 2.45) is 5.84 Å². The lowest BCUT2D eigenvalue weighted by atomic mass is 9.96. The van der Waals surface area contributed by atoms with E-state index in [0.29, 0.717) is 18.1 Å². The molecule has 1 aromatic rings. The van der Waals surface area contributed by atoms with Crippen LogP contribution in [0, 0.1) is 11.3 Å². The Morgan fingerprint density at radius 2 is 2.11 bits per heavy atom. The summed E-state index contributed by atoms with van der Waals surface area (Å²) in [4.78, 5) is 10.9. The van der Waals surface area contributed by atoms with E-state index in [4.69, 9.17) is 11.1 Å². The van der Waals surface area contributed by atoms with Crippen molar-refractivity contribution in [2.45, 2.75) is 45.6 Å². The van der Waals surface area contributed by atoms with Crippen LogP contribution in [-0.4, -0.2) is 23.1 Å². The molecule has 1 unspecified atom stereocenters. The van der Waals surface area contributed by atoms with Crippen LogP contribution in [0.2, 0.25) is 0 Å². The maximum absolute atomic E-state index is 8.78. The summed E-state index contributed by atoms with van der Waals surface area (Å²) >= 11 is 0. The topological polar surface area (TPSA) is 90.9 Å². The molecule has 1 heterocycles. The van der Waals surface area contributed by atoms with Crippen LogP contribution in [0.3, 0.4) is 0 Å². The molecule has 0 bridgehead atoms. The molecule has 1 aromatic heterocycles. The number of hydrogen-bond donors (Lipinski definition) is 2. The van der Waals surface area contributed by atoms with Crippen LogP contribution in [0.1, 0.15) is 39.9 Å². The second-order valence-corrected chi connectivity index (χ2v) is 5.65. The van der Waals surface area contributed by atoms with E-state index in [9.17, 15) is 0 Å². The van der Waals surface area contributed by atoms with Gasteiger partial charge in [-0.2, -0.15) is 5.26 Å². The predicted octanol–water partition coefficient (Wildman–Crippen LogP) is 1.80. The normalized spacial score (nSPS) is 12.7. The summed E-state index contributed by atoms with van der Waals surface area (Å²) < 4.78 is 0. The highest BCUT2D eigenvalue weighted by atomic mass is 15.3. The molecular formula is C13H22N6. The largest absolute Gasteiger partial charge is 0.356 e. The monoisotopic (exact) mass is 262 g/mol. The van der Waals surface area contributed by atoms with Crippen LogP contribution in [-0.2, 0) is 5.41 Å². The first-order chi connectivity index (χ1) is 8.79. The Morgan fingerprint density at radius 3 is 2.58 bits per heavy atom. The van der Waals surface area contributed by atoms with E-state index in [2.05, 4.69) is 21.5 Å². The maximum atomic E-state index is 8.78. The van der Waals surface area contributed by atoms with Crippen LogP contribution in [0.4, 0.5) is 11.6 Å². The van der Waals surface area contributed by atoms with E-state index >= 15 is 0 Å². The molecule has 0 aliphatic carbocycles. The van der Waals surface area contributed by atoms with Gasteiger partial charge < -0.3 is 10.3 Å². The fourth-order valence-electron chi connectivity index (χ4n) is 1.52. The molecule has 1 atom stereocenters. The summed E-state index contributed by atoms with van der Waals surface area (Å²) in [6.07, 6.45) is 0.441. The molecule has 1 rings (SSSR count). The molecule has 104 valence electrons. The summed E-state index contributed by atoms with van der Waals surface area (Å²) in [6.45, 7) is 8.12. The van der Waals surface area contributed by atoms with Crippen LogP contribution in [0.25, 0.3) is 0 Å². The summed E-state index contributed by atoms with van der Waals surface area (Å²) in [6, 6.07) is 4.03. The number of anilines is 2. The van der Waals surface area contributed by atoms with Crippen molar-refractivity contribution in [3.8, 4) is 6.07 Å². The number of rotatable bonds is 4. The van der Waals surface area contributed by atoms with Gasteiger partial charge in [0, 0.05) is 24.6 Å². The fourth-order valence-corrected chi connectivity index (χ4v) is 1.52. The van der Waals surface area contributed by atoms with Gasteiger partial charge in [0.1, 0.15) is 17.5 Å². The van der Waals surface area contributed by atoms with Gasteiger partial charge in [0.25, 0.3) is 0 Å². The first kappa shape index (κ1) is 15.2. The van der Waals surface area contributed by atoms with E-state index < -0.39 is 0 Å². The van der Waals surface area contributed by atoms with E-state index in [1.807, 2.05) is 39.6 Å². The number of nitrogens with two attached hydrogens (primary N) is 1. The highest BCUT2D eigenvalue weighted by Gasteiger charge is 2.21. The van der Waals surface area contributed by atoms with Crippen molar-refractivity contribution >= 4 is 11.6 Å². The van der Waals surface area contributed by atoms with Gasteiger partial charge in [-0.25, -0.2) is 15.8 Å². The molecule has 0 saturated heterocycles. The van der Waals surface area contributed by atoms with Crippen molar-refractivity contribution in [3.63, 3.8) is 0 Å². The smallest absolute Gasteiger partial charge is 0.145 e. The standard InChI is InChI=1S/C13H22N6/c1-9(6-7-14)19(5)11-8-10(18-15)16-12(17-11)13(2,3)4/h8-9H,6,15H2,1-5H3,(H,16,17,18). The van der Waals surface area contributed by atoms with Gasteiger partial charge in [-0.15, -0.1) is 0 Å². The quantitative estimate of drug-likeness (QED) is 0.635. The Bertz CT molecular complexity index is 471. The number of nitriles is 1. The first-order valence-electron chi connectivity index (χ1n) is 6.25. The van der Waals surface area contributed by atoms with Gasteiger partial charge in [0.05, 0.1) is 12.5 Å². The van der Waals surface area contributed by atoms with Crippen molar-refractivity contribution in [3.05, 3.63) is 11.9 Å². The SMILES string of the molecule is CC(CC#N)N(C)c1cc(NN)nc(C(C)(C)C)n1. The lowest BCUT2D eigenvalue weighted by Crippen LogP contribution is -2.30. The van der Waals surface area contributed by atoms with Gasteiger partial charge >= 0.3 is 0 Å². The number of nitrogens with zero attached hydrogens (tertiary/aromatic N) is 4. The van der Waals surface area contributed by atoms with E-state index in [-0.39, 0.29) is 11.5 Å². The van der Waals surface area contributed by atoms with Crippen LogP contribution < -0.4 is 16.2 Å². The number of hydrazine groups is 1. The lowest BCUT2D eigenvalue weighted by Gasteiger charge is -2.26. The van der Waals surface area contributed by atoms with E-state index in [1.165, 1.54) is 0 Å². The number of hydrogen-bond acceptors (Lipinski definition) is 6. The van der Waals surface area contributed by atoms with Crippen LogP contribution in [0.15, 0.2) is 6.07 Å². The molecule has 0 radical (unpaired) electrons. The van der Waals surface area contributed by atoms with Gasteiger partial charge in [0.15, 0.2) is 0 Å². The summed E-state index contributed by atoms with van der Waals surface area (Å²) in [5.74, 6) is 7.51. The summed E-state index contributed by atoms with van der Waals surface area (Å²) in [7, 11) is 1.91. The Labute approximate surface area is 114 Å². The van der Waals surface area contributed by atoms with Crippen molar-refractivity contribution in [2.75, 3.05) is 17.4 Å². The van der Waals surface area contributed by atoms with Crippen molar-refractivity contribution in [1.82, 2.24) is 9.97 Å². The minimum Gasteiger partial charge on any atom is -0.356 e. The van der Waals surface area contributed by atoms with Crippen LogP contribution in [0.5, 0.6) is 0 Å². The third kappa shape index (κ3) is 3.80. The van der Waals surface area contributed by atoms with Gasteiger partial charge in [-0.05, 0) is 6.92 Å². The van der Waals surface area contributed by atoms with Crippen molar-refractivity contribution in [1.29, 1.82) is 5.26 Å². The Balaban J connectivity index is 3.17. The number of nitrogen functional groups attached to an aromatic ring is 1. The molecule has 0 spiro atoms. The highest BCUT2D eigenvalue weighted by molar-refractivity contribution is 5.49.